The van der Waals surface area contributed by atoms with E-state index in [9.17, 15) is 5.11 Å². The zero-order chi connectivity index (χ0) is 17.0. The van der Waals surface area contributed by atoms with Crippen LogP contribution >= 0.6 is 0 Å². The van der Waals surface area contributed by atoms with E-state index in [2.05, 4.69) is 22.9 Å². The molecule has 4 heteroatoms. The lowest BCUT2D eigenvalue weighted by atomic mass is 9.77. The Labute approximate surface area is 146 Å². The molecular formula is C20H32N2O2. The molecule has 3 rings (SSSR count). The average Bonchev–Trinajstić information content (AvgIpc) is 2.79. The minimum absolute atomic E-state index is 0.278. The summed E-state index contributed by atoms with van der Waals surface area (Å²) in [5.41, 5.74) is 0.209. The van der Waals surface area contributed by atoms with Gasteiger partial charge in [0.15, 0.2) is 0 Å². The van der Waals surface area contributed by atoms with Crippen LogP contribution in [0.2, 0.25) is 0 Å². The Balaban J connectivity index is 1.83. The van der Waals surface area contributed by atoms with Crippen molar-refractivity contribution in [2.45, 2.75) is 37.7 Å². The topological polar surface area (TPSA) is 35.9 Å². The molecule has 0 bridgehead atoms. The predicted molar refractivity (Wildman–Crippen MR) is 97.4 cm³/mol. The first-order valence-electron chi connectivity index (χ1n) is 9.40. The number of nitrogens with zero attached hydrogens (tertiary/aromatic N) is 2. The minimum atomic E-state index is -0.771. The van der Waals surface area contributed by atoms with E-state index in [1.165, 1.54) is 12.8 Å². The molecule has 134 valence electrons. The second-order valence-corrected chi connectivity index (χ2v) is 7.52. The van der Waals surface area contributed by atoms with Gasteiger partial charge in [-0.25, -0.2) is 0 Å². The van der Waals surface area contributed by atoms with Gasteiger partial charge in [-0.2, -0.15) is 0 Å². The third kappa shape index (κ3) is 3.76. The highest BCUT2D eigenvalue weighted by Gasteiger charge is 2.41. The molecule has 2 aliphatic rings. The molecule has 1 aromatic rings. The molecule has 0 radical (unpaired) electrons. The molecule has 1 heterocycles. The smallest absolute Gasteiger partial charge is 0.124 e. The number of piperazine rings is 1. The van der Waals surface area contributed by atoms with E-state index in [1.807, 2.05) is 18.2 Å². The van der Waals surface area contributed by atoms with E-state index in [4.69, 9.17) is 4.74 Å². The van der Waals surface area contributed by atoms with Crippen molar-refractivity contribution in [3.05, 3.63) is 29.8 Å². The van der Waals surface area contributed by atoms with Gasteiger partial charge in [0, 0.05) is 44.2 Å². The van der Waals surface area contributed by atoms with Crippen molar-refractivity contribution in [3.8, 4) is 5.75 Å². The van der Waals surface area contributed by atoms with Gasteiger partial charge in [-0.05, 0) is 26.0 Å². The Morgan fingerprint density at radius 2 is 1.88 bits per heavy atom. The molecule has 1 saturated heterocycles. The summed E-state index contributed by atoms with van der Waals surface area (Å²) in [7, 11) is 3.89. The Hall–Kier alpha value is -1.10. The highest BCUT2D eigenvalue weighted by molar-refractivity contribution is 5.38. The molecule has 2 atom stereocenters. The summed E-state index contributed by atoms with van der Waals surface area (Å²) >= 11 is 0. The van der Waals surface area contributed by atoms with Gasteiger partial charge in [0.25, 0.3) is 0 Å². The molecule has 1 saturated carbocycles. The first kappa shape index (κ1) is 17.7. The number of benzene rings is 1. The minimum Gasteiger partial charge on any atom is -0.496 e. The Morgan fingerprint density at radius 3 is 2.62 bits per heavy atom. The molecule has 0 amide bonds. The molecule has 1 aromatic carbocycles. The van der Waals surface area contributed by atoms with Crippen LogP contribution in [0, 0.1) is 5.92 Å². The number of aliphatic hydroxyl groups is 1. The van der Waals surface area contributed by atoms with E-state index >= 15 is 0 Å². The van der Waals surface area contributed by atoms with Crippen LogP contribution in [0.3, 0.4) is 0 Å². The van der Waals surface area contributed by atoms with E-state index in [0.717, 1.165) is 63.3 Å². The van der Waals surface area contributed by atoms with Crippen LogP contribution in [0.1, 0.15) is 37.7 Å². The number of methoxy groups -OCH3 is 1. The standard InChI is InChI=1S/C20H32N2O2/c1-21-12-14-22(15-13-21)16-17-8-4-3-7-11-20(17,23)18-9-5-6-10-19(18)24-2/h5-6,9-10,17,23H,3-4,7-8,11-16H2,1-2H3. The quantitative estimate of drug-likeness (QED) is 0.860. The molecule has 2 fully saturated rings. The summed E-state index contributed by atoms with van der Waals surface area (Å²) in [5.74, 6) is 1.10. The van der Waals surface area contributed by atoms with E-state index in [0.29, 0.717) is 0 Å². The number of para-hydroxylation sites is 1. The maximum atomic E-state index is 11.8. The second kappa shape index (κ2) is 7.85. The molecule has 24 heavy (non-hydrogen) atoms. The number of rotatable bonds is 4. The van der Waals surface area contributed by atoms with Gasteiger partial charge >= 0.3 is 0 Å². The molecule has 0 spiro atoms. The highest BCUT2D eigenvalue weighted by Crippen LogP contribution is 2.44. The normalized spacial score (nSPS) is 30.0. The van der Waals surface area contributed by atoms with Gasteiger partial charge in [0.2, 0.25) is 0 Å². The zero-order valence-corrected chi connectivity index (χ0v) is 15.2. The van der Waals surface area contributed by atoms with E-state index in [1.54, 1.807) is 7.11 Å². The van der Waals surface area contributed by atoms with Crippen molar-refractivity contribution >= 4 is 0 Å². The highest BCUT2D eigenvalue weighted by atomic mass is 16.5. The Morgan fingerprint density at radius 1 is 1.12 bits per heavy atom. The second-order valence-electron chi connectivity index (χ2n) is 7.52. The van der Waals surface area contributed by atoms with Crippen LogP contribution in [-0.4, -0.2) is 61.8 Å². The SMILES string of the molecule is COc1ccccc1C1(O)CCCCCC1CN1CCN(C)CC1. The molecular weight excluding hydrogens is 300 g/mol. The molecule has 4 nitrogen and oxygen atoms in total. The fourth-order valence-electron chi connectivity index (χ4n) is 4.35. The fraction of sp³-hybridized carbons (Fsp3) is 0.700. The van der Waals surface area contributed by atoms with Gasteiger partial charge in [0.1, 0.15) is 5.75 Å². The molecule has 1 N–H and O–H groups in total. The number of likely N-dealkylation sites (N-methyl/N-ethyl adjacent to an activating group) is 1. The summed E-state index contributed by atoms with van der Waals surface area (Å²) in [6, 6.07) is 8.04. The lowest BCUT2D eigenvalue weighted by molar-refractivity contribution is -0.0479. The lowest BCUT2D eigenvalue weighted by Crippen LogP contribution is -2.49. The first-order chi connectivity index (χ1) is 11.6. The van der Waals surface area contributed by atoms with Crippen LogP contribution in [0.25, 0.3) is 0 Å². The summed E-state index contributed by atoms with van der Waals surface area (Å²) < 4.78 is 5.58. The average molecular weight is 332 g/mol. The predicted octanol–water partition coefficient (Wildman–Crippen LogP) is 2.71. The maximum absolute atomic E-state index is 11.8. The van der Waals surface area contributed by atoms with Gasteiger partial charge in [-0.1, -0.05) is 37.5 Å². The lowest BCUT2D eigenvalue weighted by Gasteiger charge is -2.41. The number of hydrogen-bond donors (Lipinski definition) is 1. The van der Waals surface area contributed by atoms with Crippen molar-refractivity contribution in [2.75, 3.05) is 46.9 Å². The first-order valence-corrected chi connectivity index (χ1v) is 9.40. The van der Waals surface area contributed by atoms with Crippen molar-refractivity contribution in [1.82, 2.24) is 9.80 Å². The van der Waals surface area contributed by atoms with E-state index in [-0.39, 0.29) is 5.92 Å². The van der Waals surface area contributed by atoms with Crippen LogP contribution < -0.4 is 4.74 Å². The Kier molecular flexibility index (Phi) is 5.80. The molecule has 1 aliphatic heterocycles. The fourth-order valence-corrected chi connectivity index (χ4v) is 4.35. The zero-order valence-electron chi connectivity index (χ0n) is 15.2. The summed E-state index contributed by atoms with van der Waals surface area (Å²) in [6.45, 7) is 5.45. The van der Waals surface area contributed by atoms with Crippen LogP contribution in [0.4, 0.5) is 0 Å². The van der Waals surface area contributed by atoms with Gasteiger partial charge < -0.3 is 19.6 Å². The van der Waals surface area contributed by atoms with Crippen molar-refractivity contribution in [2.24, 2.45) is 5.92 Å². The van der Waals surface area contributed by atoms with E-state index < -0.39 is 5.60 Å². The molecule has 0 aromatic heterocycles. The largest absolute Gasteiger partial charge is 0.496 e. The maximum Gasteiger partial charge on any atom is 0.124 e. The van der Waals surface area contributed by atoms with Gasteiger partial charge in [0.05, 0.1) is 12.7 Å². The van der Waals surface area contributed by atoms with Crippen molar-refractivity contribution in [1.29, 1.82) is 0 Å². The molecule has 1 aliphatic carbocycles. The van der Waals surface area contributed by atoms with Crippen LogP contribution in [-0.2, 0) is 5.60 Å². The summed E-state index contributed by atoms with van der Waals surface area (Å²) in [6.07, 6.45) is 5.47. The monoisotopic (exact) mass is 332 g/mol. The Bertz CT molecular complexity index is 528. The third-order valence-electron chi connectivity index (χ3n) is 5.93. The third-order valence-corrected chi connectivity index (χ3v) is 5.93. The van der Waals surface area contributed by atoms with Crippen molar-refractivity contribution < 1.29 is 9.84 Å². The van der Waals surface area contributed by atoms with Crippen LogP contribution in [0.15, 0.2) is 24.3 Å². The summed E-state index contributed by atoms with van der Waals surface area (Å²) in [4.78, 5) is 4.92. The van der Waals surface area contributed by atoms with Crippen LogP contribution in [0.5, 0.6) is 5.75 Å². The van der Waals surface area contributed by atoms with Gasteiger partial charge in [-0.15, -0.1) is 0 Å². The molecule has 2 unspecified atom stereocenters. The van der Waals surface area contributed by atoms with Crippen molar-refractivity contribution in [3.63, 3.8) is 0 Å². The number of hydrogen-bond acceptors (Lipinski definition) is 4. The van der Waals surface area contributed by atoms with Gasteiger partial charge in [-0.3, -0.25) is 0 Å². The number of ether oxygens (including phenoxy) is 1. The summed E-state index contributed by atoms with van der Waals surface area (Å²) in [5, 5.41) is 11.8.